The number of carbonyl (C=O) groups excluding carboxylic acids is 1. The maximum absolute atomic E-state index is 12.5. The molecule has 0 unspecified atom stereocenters. The molecule has 0 atom stereocenters. The molecule has 0 spiro atoms. The van der Waals surface area contributed by atoms with Crippen LogP contribution in [0.25, 0.3) is 10.6 Å². The number of benzene rings is 2. The fraction of sp³-hybridized carbons (Fsp3) is 0.273. The van der Waals surface area contributed by atoms with Crippen LogP contribution in [0.4, 0.5) is 0 Å². The van der Waals surface area contributed by atoms with Crippen molar-refractivity contribution in [2.24, 2.45) is 0 Å². The summed E-state index contributed by atoms with van der Waals surface area (Å²) >= 11 is 1.59. The van der Waals surface area contributed by atoms with Gasteiger partial charge in [-0.1, -0.05) is 61.0 Å². The fourth-order valence-electron chi connectivity index (χ4n) is 2.75. The molecule has 1 aromatic heterocycles. The largest absolute Gasteiger partial charge is 0.341 e. The quantitative estimate of drug-likeness (QED) is 0.624. The molecule has 0 radical (unpaired) electrons. The third kappa shape index (κ3) is 4.58. The maximum atomic E-state index is 12.5. The van der Waals surface area contributed by atoms with Gasteiger partial charge in [0.25, 0.3) is 0 Å². The highest BCUT2D eigenvalue weighted by Crippen LogP contribution is 2.24. The lowest BCUT2D eigenvalue weighted by Gasteiger charge is -2.17. The number of thiazole rings is 1. The van der Waals surface area contributed by atoms with Crippen LogP contribution in [-0.2, 0) is 24.2 Å². The lowest BCUT2D eigenvalue weighted by Crippen LogP contribution is -2.27. The standard InChI is InChI=1S/C22H24N2OS/c1-4-17-7-9-18(10-8-17)14-24(3)21(25)13-20-15-26-22(23-20)19-11-5-16(2)6-12-19/h5-12,15H,4,13-14H2,1-3H3. The van der Waals surface area contributed by atoms with Gasteiger partial charge in [0.05, 0.1) is 12.1 Å². The van der Waals surface area contributed by atoms with Crippen LogP contribution in [0.2, 0.25) is 0 Å². The second-order valence-electron chi connectivity index (χ2n) is 6.61. The zero-order valence-corrected chi connectivity index (χ0v) is 16.3. The van der Waals surface area contributed by atoms with Crippen molar-refractivity contribution in [1.29, 1.82) is 0 Å². The summed E-state index contributed by atoms with van der Waals surface area (Å²) in [6, 6.07) is 16.8. The number of aryl methyl sites for hydroxylation is 2. The topological polar surface area (TPSA) is 33.2 Å². The van der Waals surface area contributed by atoms with Crippen molar-refractivity contribution in [3.05, 3.63) is 76.3 Å². The molecule has 3 rings (SSSR count). The summed E-state index contributed by atoms with van der Waals surface area (Å²) in [5, 5.41) is 2.95. The number of aromatic nitrogens is 1. The Hall–Kier alpha value is -2.46. The van der Waals surface area contributed by atoms with E-state index in [4.69, 9.17) is 0 Å². The van der Waals surface area contributed by atoms with E-state index in [2.05, 4.69) is 67.4 Å². The average molecular weight is 365 g/mol. The summed E-state index contributed by atoms with van der Waals surface area (Å²) in [4.78, 5) is 18.9. The minimum atomic E-state index is 0.0883. The van der Waals surface area contributed by atoms with E-state index in [9.17, 15) is 4.79 Å². The van der Waals surface area contributed by atoms with Crippen molar-refractivity contribution in [1.82, 2.24) is 9.88 Å². The Morgan fingerprint density at radius 1 is 1.04 bits per heavy atom. The number of hydrogen-bond donors (Lipinski definition) is 0. The van der Waals surface area contributed by atoms with Crippen molar-refractivity contribution in [3.8, 4) is 10.6 Å². The van der Waals surface area contributed by atoms with E-state index in [1.54, 1.807) is 16.2 Å². The van der Waals surface area contributed by atoms with Gasteiger partial charge in [-0.25, -0.2) is 4.98 Å². The van der Waals surface area contributed by atoms with Crippen LogP contribution in [0, 0.1) is 6.92 Å². The number of amides is 1. The van der Waals surface area contributed by atoms with Gasteiger partial charge in [0.15, 0.2) is 0 Å². The molecule has 26 heavy (non-hydrogen) atoms. The molecule has 0 saturated carbocycles. The fourth-order valence-corrected chi connectivity index (χ4v) is 3.58. The lowest BCUT2D eigenvalue weighted by atomic mass is 10.1. The van der Waals surface area contributed by atoms with Gasteiger partial charge in [0, 0.05) is 24.5 Å². The normalized spacial score (nSPS) is 10.7. The molecular formula is C22H24N2OS. The van der Waals surface area contributed by atoms with Gasteiger partial charge < -0.3 is 4.90 Å². The zero-order chi connectivity index (χ0) is 18.5. The van der Waals surface area contributed by atoms with Gasteiger partial charge >= 0.3 is 0 Å². The second-order valence-corrected chi connectivity index (χ2v) is 7.46. The molecule has 0 aliphatic carbocycles. The molecule has 134 valence electrons. The summed E-state index contributed by atoms with van der Waals surface area (Å²) in [5.74, 6) is 0.0883. The third-order valence-corrected chi connectivity index (χ3v) is 5.40. The predicted octanol–water partition coefficient (Wildman–Crippen LogP) is 4.88. The number of rotatable bonds is 6. The smallest absolute Gasteiger partial charge is 0.228 e. The first-order chi connectivity index (χ1) is 12.5. The molecule has 4 heteroatoms. The lowest BCUT2D eigenvalue weighted by molar-refractivity contribution is -0.129. The predicted molar refractivity (Wildman–Crippen MR) is 108 cm³/mol. The van der Waals surface area contributed by atoms with E-state index in [0.717, 1.165) is 28.2 Å². The monoisotopic (exact) mass is 364 g/mol. The molecule has 3 nitrogen and oxygen atoms in total. The Labute approximate surface area is 159 Å². The Bertz CT molecular complexity index is 866. The van der Waals surface area contributed by atoms with Crippen molar-refractivity contribution in [2.45, 2.75) is 33.2 Å². The molecule has 1 amide bonds. The van der Waals surface area contributed by atoms with E-state index in [0.29, 0.717) is 13.0 Å². The van der Waals surface area contributed by atoms with E-state index in [1.807, 2.05) is 12.4 Å². The summed E-state index contributed by atoms with van der Waals surface area (Å²) < 4.78 is 0. The van der Waals surface area contributed by atoms with Gasteiger partial charge in [-0.2, -0.15) is 0 Å². The van der Waals surface area contributed by atoms with Gasteiger partial charge in [0.1, 0.15) is 5.01 Å². The average Bonchev–Trinajstić information content (AvgIpc) is 3.11. The molecule has 0 aliphatic heterocycles. The summed E-state index contributed by atoms with van der Waals surface area (Å²) in [5.41, 5.74) is 5.63. The number of likely N-dealkylation sites (N-methyl/N-ethyl adjacent to an activating group) is 1. The van der Waals surface area contributed by atoms with Crippen molar-refractivity contribution >= 4 is 17.2 Å². The molecule has 3 aromatic rings. The number of hydrogen-bond acceptors (Lipinski definition) is 3. The summed E-state index contributed by atoms with van der Waals surface area (Å²) in [6.07, 6.45) is 1.37. The molecule has 0 saturated heterocycles. The zero-order valence-electron chi connectivity index (χ0n) is 15.5. The van der Waals surface area contributed by atoms with Crippen LogP contribution in [0.1, 0.15) is 29.3 Å². The molecule has 2 aromatic carbocycles. The molecule has 0 aliphatic rings. The van der Waals surface area contributed by atoms with Gasteiger partial charge in [-0.15, -0.1) is 11.3 Å². The van der Waals surface area contributed by atoms with Crippen LogP contribution >= 0.6 is 11.3 Å². The van der Waals surface area contributed by atoms with E-state index >= 15 is 0 Å². The van der Waals surface area contributed by atoms with Crippen LogP contribution in [0.15, 0.2) is 53.9 Å². The first kappa shape index (κ1) is 18.3. The van der Waals surface area contributed by atoms with E-state index < -0.39 is 0 Å². The summed E-state index contributed by atoms with van der Waals surface area (Å²) in [7, 11) is 1.85. The Morgan fingerprint density at radius 3 is 2.35 bits per heavy atom. The second kappa shape index (κ2) is 8.28. The molecule has 0 fully saturated rings. The van der Waals surface area contributed by atoms with Gasteiger partial charge in [-0.05, 0) is 24.5 Å². The first-order valence-electron chi connectivity index (χ1n) is 8.88. The van der Waals surface area contributed by atoms with Crippen LogP contribution in [-0.4, -0.2) is 22.8 Å². The highest BCUT2D eigenvalue weighted by molar-refractivity contribution is 7.13. The van der Waals surface area contributed by atoms with E-state index in [-0.39, 0.29) is 5.91 Å². The van der Waals surface area contributed by atoms with Crippen LogP contribution < -0.4 is 0 Å². The third-order valence-electron chi connectivity index (χ3n) is 4.46. The van der Waals surface area contributed by atoms with Gasteiger partial charge in [0.2, 0.25) is 5.91 Å². The highest BCUT2D eigenvalue weighted by atomic mass is 32.1. The number of carbonyl (C=O) groups is 1. The minimum absolute atomic E-state index is 0.0883. The number of nitrogens with zero attached hydrogens (tertiary/aromatic N) is 2. The van der Waals surface area contributed by atoms with Crippen LogP contribution in [0.3, 0.4) is 0 Å². The Balaban J connectivity index is 1.61. The van der Waals surface area contributed by atoms with Crippen molar-refractivity contribution in [3.63, 3.8) is 0 Å². The van der Waals surface area contributed by atoms with Gasteiger partial charge in [-0.3, -0.25) is 4.79 Å². The Morgan fingerprint density at radius 2 is 1.69 bits per heavy atom. The molecular weight excluding hydrogens is 340 g/mol. The van der Waals surface area contributed by atoms with Crippen molar-refractivity contribution < 1.29 is 4.79 Å². The minimum Gasteiger partial charge on any atom is -0.341 e. The molecule has 1 heterocycles. The Kier molecular flexibility index (Phi) is 5.84. The highest BCUT2D eigenvalue weighted by Gasteiger charge is 2.13. The first-order valence-corrected chi connectivity index (χ1v) is 9.76. The maximum Gasteiger partial charge on any atom is 0.228 e. The molecule has 0 bridgehead atoms. The molecule has 0 N–H and O–H groups in total. The van der Waals surface area contributed by atoms with E-state index in [1.165, 1.54) is 11.1 Å². The van der Waals surface area contributed by atoms with Crippen molar-refractivity contribution in [2.75, 3.05) is 7.05 Å². The van der Waals surface area contributed by atoms with Crippen LogP contribution in [0.5, 0.6) is 0 Å². The summed E-state index contributed by atoms with van der Waals surface area (Å²) in [6.45, 7) is 4.84. The SMILES string of the molecule is CCc1ccc(CN(C)C(=O)Cc2csc(-c3ccc(C)cc3)n2)cc1.